The van der Waals surface area contributed by atoms with Gasteiger partial charge in [0.1, 0.15) is 5.78 Å². The number of alkyl halides is 3. The SMILES string of the molecule is CC.CC1CCC(=O)CC1C.CCC1CC2CCC(C(=O)Nc3cc(C)ccc3C(F)(F)F)C2(C)CCC1C. The summed E-state index contributed by atoms with van der Waals surface area (Å²) < 4.78 is 40.1. The second kappa shape index (κ2) is 14.2. The third-order valence-corrected chi connectivity index (χ3v) is 10.0. The Hall–Kier alpha value is -1.85. The van der Waals surface area contributed by atoms with Crippen LogP contribution in [0.1, 0.15) is 117 Å². The molecule has 0 saturated heterocycles. The molecule has 3 aliphatic carbocycles. The van der Waals surface area contributed by atoms with E-state index in [1.807, 2.05) is 13.8 Å². The minimum atomic E-state index is -4.48. The van der Waals surface area contributed by atoms with Gasteiger partial charge in [0.15, 0.2) is 0 Å². The molecule has 3 aliphatic rings. The van der Waals surface area contributed by atoms with Gasteiger partial charge in [-0.3, -0.25) is 9.59 Å². The first-order valence-electron chi connectivity index (χ1n) is 15.3. The van der Waals surface area contributed by atoms with E-state index in [1.165, 1.54) is 12.1 Å². The van der Waals surface area contributed by atoms with Crippen LogP contribution in [0.3, 0.4) is 0 Å². The lowest BCUT2D eigenvalue weighted by Gasteiger charge is -2.35. The zero-order valence-electron chi connectivity index (χ0n) is 25.5. The van der Waals surface area contributed by atoms with Crippen LogP contribution in [0.15, 0.2) is 18.2 Å². The largest absolute Gasteiger partial charge is 0.418 e. The first-order valence-corrected chi connectivity index (χ1v) is 15.3. The number of carbonyl (C=O) groups excluding carboxylic acids is 2. The summed E-state index contributed by atoms with van der Waals surface area (Å²) in [5, 5.41) is 2.66. The van der Waals surface area contributed by atoms with Gasteiger partial charge in [0.2, 0.25) is 5.91 Å². The normalized spacial score (nSPS) is 32.5. The fourth-order valence-corrected chi connectivity index (χ4v) is 7.01. The average molecular weight is 552 g/mol. The highest BCUT2D eigenvalue weighted by Crippen LogP contribution is 2.57. The molecule has 0 aliphatic heterocycles. The van der Waals surface area contributed by atoms with Crippen LogP contribution < -0.4 is 5.32 Å². The smallest absolute Gasteiger partial charge is 0.325 e. The van der Waals surface area contributed by atoms with Crippen LogP contribution in [-0.4, -0.2) is 11.7 Å². The maximum Gasteiger partial charge on any atom is 0.418 e. The van der Waals surface area contributed by atoms with Crippen molar-refractivity contribution < 1.29 is 22.8 Å². The highest BCUT2D eigenvalue weighted by Gasteiger charge is 2.51. The maximum atomic E-state index is 13.4. The van der Waals surface area contributed by atoms with Gasteiger partial charge in [-0.15, -0.1) is 0 Å². The lowest BCUT2D eigenvalue weighted by atomic mass is 9.70. The zero-order valence-corrected chi connectivity index (χ0v) is 25.5. The minimum absolute atomic E-state index is 0.113. The van der Waals surface area contributed by atoms with Crippen LogP contribution in [0.4, 0.5) is 18.9 Å². The summed E-state index contributed by atoms with van der Waals surface area (Å²) in [6.45, 7) is 16.9. The van der Waals surface area contributed by atoms with E-state index in [9.17, 15) is 22.8 Å². The van der Waals surface area contributed by atoms with Crippen molar-refractivity contribution in [3.63, 3.8) is 0 Å². The highest BCUT2D eigenvalue weighted by atomic mass is 19.4. The highest BCUT2D eigenvalue weighted by molar-refractivity contribution is 5.94. The Morgan fingerprint density at radius 1 is 1.03 bits per heavy atom. The molecule has 7 atom stereocenters. The van der Waals surface area contributed by atoms with Gasteiger partial charge in [0, 0.05) is 18.8 Å². The van der Waals surface area contributed by atoms with Crippen molar-refractivity contribution >= 4 is 17.4 Å². The molecular formula is C33H52F3NO2. The Bertz CT molecular complexity index is 959. The van der Waals surface area contributed by atoms with Crippen molar-refractivity contribution in [1.29, 1.82) is 0 Å². The number of nitrogens with one attached hydrogen (secondary N) is 1. The number of fused-ring (bicyclic) bond motifs is 1. The number of hydrogen-bond donors (Lipinski definition) is 1. The number of ketones is 1. The number of amides is 1. The standard InChI is InChI=1S/C23H32F3NO.C8H14O.C2H6/c1-5-16-13-17-7-9-19(22(17,4)11-10-15(16)3)21(28)27-20-12-14(2)6-8-18(20)23(24,25)26;1-6-3-4-8(9)5-7(6)2;1-2/h6,8,12,15-17,19H,5,7,9-11,13H2,1-4H3,(H,27,28);6-7H,3-5H2,1-2H3;1-2H3. The van der Waals surface area contributed by atoms with Gasteiger partial charge in [-0.05, 0) is 98.1 Å². The van der Waals surface area contributed by atoms with Crippen molar-refractivity contribution in [2.75, 3.05) is 5.32 Å². The fraction of sp³-hybridized carbons (Fsp3) is 0.758. The number of carbonyl (C=O) groups is 2. The Kier molecular flexibility index (Phi) is 12.1. The molecule has 39 heavy (non-hydrogen) atoms. The van der Waals surface area contributed by atoms with E-state index in [0.29, 0.717) is 35.0 Å². The van der Waals surface area contributed by atoms with E-state index < -0.39 is 11.7 Å². The van der Waals surface area contributed by atoms with Crippen molar-refractivity contribution in [1.82, 2.24) is 0 Å². The molecule has 1 aromatic rings. The molecule has 1 amide bonds. The summed E-state index contributed by atoms with van der Waals surface area (Å²) >= 11 is 0. The first-order chi connectivity index (χ1) is 18.3. The molecule has 3 nitrogen and oxygen atoms in total. The quantitative estimate of drug-likeness (QED) is 0.406. The Morgan fingerprint density at radius 2 is 1.69 bits per heavy atom. The summed E-state index contributed by atoms with van der Waals surface area (Å²) in [7, 11) is 0. The van der Waals surface area contributed by atoms with Gasteiger partial charge in [0.05, 0.1) is 11.3 Å². The summed E-state index contributed by atoms with van der Waals surface area (Å²) in [5.41, 5.74) is -0.303. The fourth-order valence-electron chi connectivity index (χ4n) is 7.01. The molecule has 0 bridgehead atoms. The third-order valence-electron chi connectivity index (χ3n) is 10.0. The number of anilines is 1. The number of halogens is 3. The minimum Gasteiger partial charge on any atom is -0.325 e. The Labute approximate surface area is 235 Å². The zero-order chi connectivity index (χ0) is 29.5. The number of benzene rings is 1. The molecule has 4 rings (SSSR count). The first kappa shape index (κ1) is 33.4. The van der Waals surface area contributed by atoms with Gasteiger partial charge in [-0.25, -0.2) is 0 Å². The second-order valence-electron chi connectivity index (χ2n) is 12.5. The average Bonchev–Trinajstić information content (AvgIpc) is 3.14. The number of hydrogen-bond acceptors (Lipinski definition) is 2. The second-order valence-corrected chi connectivity index (χ2v) is 12.5. The predicted molar refractivity (Wildman–Crippen MR) is 154 cm³/mol. The van der Waals surface area contributed by atoms with Crippen LogP contribution in [0, 0.1) is 47.8 Å². The van der Waals surface area contributed by atoms with Crippen LogP contribution in [0.5, 0.6) is 0 Å². The van der Waals surface area contributed by atoms with E-state index in [0.717, 1.165) is 69.8 Å². The molecular weight excluding hydrogens is 499 g/mol. The molecule has 3 fully saturated rings. The topological polar surface area (TPSA) is 46.2 Å². The molecule has 1 N–H and O–H groups in total. The summed E-state index contributed by atoms with van der Waals surface area (Å²) in [6, 6.07) is 3.92. The van der Waals surface area contributed by atoms with Crippen molar-refractivity contribution in [2.24, 2.45) is 40.9 Å². The molecule has 0 heterocycles. The molecule has 0 aromatic heterocycles. The van der Waals surface area contributed by atoms with Gasteiger partial charge < -0.3 is 5.32 Å². The van der Waals surface area contributed by atoms with Crippen molar-refractivity contribution in [3.05, 3.63) is 29.3 Å². The van der Waals surface area contributed by atoms with Crippen molar-refractivity contribution in [2.45, 2.75) is 119 Å². The monoisotopic (exact) mass is 551 g/mol. The van der Waals surface area contributed by atoms with Crippen LogP contribution >= 0.6 is 0 Å². The molecule has 1 aromatic carbocycles. The van der Waals surface area contributed by atoms with E-state index in [2.05, 4.69) is 39.9 Å². The summed E-state index contributed by atoms with van der Waals surface area (Å²) in [6.07, 6.45) is 4.40. The van der Waals surface area contributed by atoms with Gasteiger partial charge >= 0.3 is 6.18 Å². The summed E-state index contributed by atoms with van der Waals surface area (Å²) in [5.74, 6) is 3.20. The summed E-state index contributed by atoms with van der Waals surface area (Å²) in [4.78, 5) is 24.0. The predicted octanol–water partition coefficient (Wildman–Crippen LogP) is 9.87. The Morgan fingerprint density at radius 3 is 2.26 bits per heavy atom. The molecule has 0 radical (unpaired) electrons. The molecule has 3 saturated carbocycles. The van der Waals surface area contributed by atoms with Gasteiger partial charge in [-0.2, -0.15) is 13.2 Å². The van der Waals surface area contributed by atoms with Crippen LogP contribution in [-0.2, 0) is 15.8 Å². The Balaban J connectivity index is 0.000000407. The molecule has 7 unspecified atom stereocenters. The number of Topliss-reactive ketones (excluding diaryl/α,β-unsaturated/α-hetero) is 1. The lowest BCUT2D eigenvalue weighted by molar-refractivity contribution is -0.137. The van der Waals surface area contributed by atoms with Gasteiger partial charge in [-0.1, -0.05) is 61.0 Å². The van der Waals surface area contributed by atoms with E-state index in [-0.39, 0.29) is 22.9 Å². The third kappa shape index (κ3) is 8.33. The van der Waals surface area contributed by atoms with Crippen LogP contribution in [0.25, 0.3) is 0 Å². The lowest BCUT2D eigenvalue weighted by Crippen LogP contribution is -2.36. The van der Waals surface area contributed by atoms with E-state index >= 15 is 0 Å². The van der Waals surface area contributed by atoms with Crippen molar-refractivity contribution in [3.8, 4) is 0 Å². The molecule has 6 heteroatoms. The molecule has 0 spiro atoms. The van der Waals surface area contributed by atoms with Crippen LogP contribution in [0.2, 0.25) is 0 Å². The maximum absolute atomic E-state index is 13.4. The van der Waals surface area contributed by atoms with Gasteiger partial charge in [0.25, 0.3) is 0 Å². The molecule has 222 valence electrons. The van der Waals surface area contributed by atoms with E-state index in [1.54, 1.807) is 6.92 Å². The number of aryl methyl sites for hydroxylation is 1. The number of rotatable bonds is 3. The van der Waals surface area contributed by atoms with E-state index in [4.69, 9.17) is 0 Å².